The second-order valence-electron chi connectivity index (χ2n) is 7.47. The molecule has 1 fully saturated rings. The molecular formula is C22H26N2O5S. The van der Waals surface area contributed by atoms with Gasteiger partial charge in [0, 0.05) is 12.1 Å². The average molecular weight is 431 g/mol. The minimum atomic E-state index is -3.34. The number of anilines is 1. The number of amides is 1. The van der Waals surface area contributed by atoms with Gasteiger partial charge in [0.1, 0.15) is 0 Å². The van der Waals surface area contributed by atoms with E-state index in [2.05, 4.69) is 5.32 Å². The van der Waals surface area contributed by atoms with Gasteiger partial charge in [-0.15, -0.1) is 0 Å². The first-order chi connectivity index (χ1) is 14.3. The molecule has 8 heteroatoms. The lowest BCUT2D eigenvalue weighted by molar-refractivity contribution is -0.147. The monoisotopic (exact) mass is 430 g/mol. The molecule has 0 aromatic heterocycles. The second kappa shape index (κ2) is 9.30. The molecule has 160 valence electrons. The number of hydrogen-bond acceptors (Lipinski definition) is 5. The van der Waals surface area contributed by atoms with Gasteiger partial charge in [0.05, 0.1) is 30.0 Å². The van der Waals surface area contributed by atoms with Gasteiger partial charge in [-0.25, -0.2) is 8.42 Å². The topological polar surface area (TPSA) is 92.8 Å². The predicted molar refractivity (Wildman–Crippen MR) is 115 cm³/mol. The average Bonchev–Trinajstić information content (AvgIpc) is 3.06. The van der Waals surface area contributed by atoms with Crippen LogP contribution in [0.15, 0.2) is 54.6 Å². The minimum Gasteiger partial charge on any atom is -0.463 e. The Kier molecular flexibility index (Phi) is 6.77. The van der Waals surface area contributed by atoms with E-state index in [0.717, 1.165) is 5.56 Å². The Balaban J connectivity index is 1.80. The molecule has 1 aliphatic heterocycles. The summed E-state index contributed by atoms with van der Waals surface area (Å²) in [5.41, 5.74) is 1.58. The third-order valence-corrected chi connectivity index (χ3v) is 6.61. The van der Waals surface area contributed by atoms with Crippen LogP contribution in [0.2, 0.25) is 0 Å². The third kappa shape index (κ3) is 5.38. The number of ether oxygens (including phenoxy) is 1. The van der Waals surface area contributed by atoms with E-state index in [1.807, 2.05) is 30.3 Å². The maximum Gasteiger partial charge on any atom is 0.308 e. The van der Waals surface area contributed by atoms with Crippen molar-refractivity contribution in [2.75, 3.05) is 16.6 Å². The molecule has 1 saturated heterocycles. The first-order valence-electron chi connectivity index (χ1n) is 9.92. The summed E-state index contributed by atoms with van der Waals surface area (Å²) in [5.74, 6) is -0.687. The van der Waals surface area contributed by atoms with Gasteiger partial charge >= 0.3 is 5.97 Å². The summed E-state index contributed by atoms with van der Waals surface area (Å²) in [7, 11) is -3.34. The van der Waals surface area contributed by atoms with E-state index in [4.69, 9.17) is 4.74 Å². The van der Waals surface area contributed by atoms with Crippen LogP contribution in [0.4, 0.5) is 5.69 Å². The Morgan fingerprint density at radius 2 is 1.83 bits per heavy atom. The summed E-state index contributed by atoms with van der Waals surface area (Å²) < 4.78 is 30.9. The van der Waals surface area contributed by atoms with Gasteiger partial charge < -0.3 is 10.1 Å². The van der Waals surface area contributed by atoms with E-state index >= 15 is 0 Å². The highest BCUT2D eigenvalue weighted by atomic mass is 32.2. The van der Waals surface area contributed by atoms with Crippen molar-refractivity contribution in [1.82, 2.24) is 5.32 Å². The Bertz CT molecular complexity index is 1010. The van der Waals surface area contributed by atoms with Crippen molar-refractivity contribution in [3.05, 3.63) is 65.7 Å². The summed E-state index contributed by atoms with van der Waals surface area (Å²) in [6.07, 6.45) is 0.310. The van der Waals surface area contributed by atoms with Crippen molar-refractivity contribution < 1.29 is 22.7 Å². The summed E-state index contributed by atoms with van der Waals surface area (Å²) in [6, 6.07) is 15.1. The van der Waals surface area contributed by atoms with Gasteiger partial charge in [0.15, 0.2) is 0 Å². The SMILES string of the molecule is CC(C)OC(=O)CC(NC(=O)c1cccc(N2CCCS2(=O)=O)c1)c1ccccc1. The lowest BCUT2D eigenvalue weighted by Gasteiger charge is -2.21. The standard InChI is InChI=1S/C22H26N2O5S/c1-16(2)29-21(25)15-20(17-8-4-3-5-9-17)23-22(26)18-10-6-11-19(14-18)24-12-7-13-30(24,27)28/h3-6,8-11,14,16,20H,7,12-13,15H2,1-2H3,(H,23,26). The molecule has 3 rings (SSSR count). The molecule has 0 saturated carbocycles. The molecule has 0 aliphatic carbocycles. The number of benzene rings is 2. The molecule has 7 nitrogen and oxygen atoms in total. The van der Waals surface area contributed by atoms with Crippen LogP contribution >= 0.6 is 0 Å². The zero-order chi connectivity index (χ0) is 21.7. The molecule has 2 aromatic rings. The fraction of sp³-hybridized carbons (Fsp3) is 0.364. The van der Waals surface area contributed by atoms with Crippen molar-refractivity contribution >= 4 is 27.6 Å². The van der Waals surface area contributed by atoms with Crippen molar-refractivity contribution in [3.8, 4) is 0 Å². The summed E-state index contributed by atoms with van der Waals surface area (Å²) in [5, 5.41) is 2.88. The third-order valence-electron chi connectivity index (χ3n) is 4.74. The van der Waals surface area contributed by atoms with Crippen LogP contribution in [0.25, 0.3) is 0 Å². The van der Waals surface area contributed by atoms with Crippen molar-refractivity contribution in [2.45, 2.75) is 38.8 Å². The van der Waals surface area contributed by atoms with Crippen molar-refractivity contribution in [2.24, 2.45) is 0 Å². The van der Waals surface area contributed by atoms with E-state index in [0.29, 0.717) is 24.2 Å². The lowest BCUT2D eigenvalue weighted by Crippen LogP contribution is -2.31. The molecule has 1 aliphatic rings. The minimum absolute atomic E-state index is 0.00583. The van der Waals surface area contributed by atoms with Crippen LogP contribution in [0, 0.1) is 0 Å². The molecular weight excluding hydrogens is 404 g/mol. The number of nitrogens with zero attached hydrogens (tertiary/aromatic N) is 1. The maximum atomic E-state index is 12.9. The highest BCUT2D eigenvalue weighted by Gasteiger charge is 2.29. The number of hydrogen-bond donors (Lipinski definition) is 1. The van der Waals surface area contributed by atoms with Gasteiger partial charge in [-0.2, -0.15) is 0 Å². The zero-order valence-electron chi connectivity index (χ0n) is 17.1. The normalized spacial score (nSPS) is 16.3. The smallest absolute Gasteiger partial charge is 0.308 e. The van der Waals surface area contributed by atoms with Gasteiger partial charge in [0.2, 0.25) is 10.0 Å². The van der Waals surface area contributed by atoms with Gasteiger partial charge in [-0.05, 0) is 44.0 Å². The quantitative estimate of drug-likeness (QED) is 0.682. The molecule has 1 atom stereocenters. The van der Waals surface area contributed by atoms with E-state index in [1.165, 1.54) is 4.31 Å². The van der Waals surface area contributed by atoms with Crippen LogP contribution < -0.4 is 9.62 Å². The van der Waals surface area contributed by atoms with E-state index in [1.54, 1.807) is 38.1 Å². The summed E-state index contributed by atoms with van der Waals surface area (Å²) in [4.78, 5) is 25.1. The number of sulfonamides is 1. The number of esters is 1. The van der Waals surface area contributed by atoms with Gasteiger partial charge in [-0.3, -0.25) is 13.9 Å². The van der Waals surface area contributed by atoms with Crippen molar-refractivity contribution in [1.29, 1.82) is 0 Å². The van der Waals surface area contributed by atoms with Gasteiger partial charge in [0.25, 0.3) is 5.91 Å². The molecule has 0 radical (unpaired) electrons. The Labute approximate surface area is 177 Å². The van der Waals surface area contributed by atoms with Crippen LogP contribution in [0.1, 0.15) is 48.7 Å². The Hall–Kier alpha value is -2.87. The fourth-order valence-corrected chi connectivity index (χ4v) is 4.94. The van der Waals surface area contributed by atoms with E-state index < -0.39 is 22.0 Å². The molecule has 1 heterocycles. The molecule has 0 spiro atoms. The van der Waals surface area contributed by atoms with Crippen molar-refractivity contribution in [3.63, 3.8) is 0 Å². The first kappa shape index (κ1) is 21.8. The molecule has 1 unspecified atom stereocenters. The van der Waals surface area contributed by atoms with E-state index in [9.17, 15) is 18.0 Å². The van der Waals surface area contributed by atoms with Crippen LogP contribution in [-0.4, -0.2) is 38.7 Å². The number of rotatable bonds is 7. The van der Waals surface area contributed by atoms with Crippen LogP contribution in [-0.2, 0) is 19.6 Å². The lowest BCUT2D eigenvalue weighted by atomic mass is 10.0. The Morgan fingerprint density at radius 1 is 1.10 bits per heavy atom. The highest BCUT2D eigenvalue weighted by Crippen LogP contribution is 2.25. The van der Waals surface area contributed by atoms with Gasteiger partial charge in [-0.1, -0.05) is 36.4 Å². The summed E-state index contributed by atoms with van der Waals surface area (Å²) in [6.45, 7) is 3.94. The number of carbonyl (C=O) groups excluding carboxylic acids is 2. The molecule has 1 amide bonds. The Morgan fingerprint density at radius 3 is 2.47 bits per heavy atom. The summed E-state index contributed by atoms with van der Waals surface area (Å²) >= 11 is 0. The maximum absolute atomic E-state index is 12.9. The molecule has 2 aromatic carbocycles. The predicted octanol–water partition coefficient (Wildman–Crippen LogP) is 3.04. The second-order valence-corrected chi connectivity index (χ2v) is 9.48. The molecule has 1 N–H and O–H groups in total. The molecule has 30 heavy (non-hydrogen) atoms. The molecule has 0 bridgehead atoms. The van der Waals surface area contributed by atoms with Crippen LogP contribution in [0.3, 0.4) is 0 Å². The largest absolute Gasteiger partial charge is 0.463 e. The fourth-order valence-electron chi connectivity index (χ4n) is 3.39. The highest BCUT2D eigenvalue weighted by molar-refractivity contribution is 7.93. The number of nitrogens with one attached hydrogen (secondary N) is 1. The van der Waals surface area contributed by atoms with E-state index in [-0.39, 0.29) is 24.2 Å². The van der Waals surface area contributed by atoms with Crippen LogP contribution in [0.5, 0.6) is 0 Å². The first-order valence-corrected chi connectivity index (χ1v) is 11.5. The number of carbonyl (C=O) groups is 2. The zero-order valence-corrected chi connectivity index (χ0v) is 17.9.